The van der Waals surface area contributed by atoms with E-state index in [9.17, 15) is 0 Å². The molecule has 0 aliphatic carbocycles. The monoisotopic (exact) mass is 293 g/mol. The Morgan fingerprint density at radius 2 is 1.68 bits per heavy atom. The Kier molecular flexibility index (Phi) is 3.51. The van der Waals surface area contributed by atoms with Crippen molar-refractivity contribution in [1.29, 1.82) is 0 Å². The summed E-state index contributed by atoms with van der Waals surface area (Å²) in [6, 6.07) is 17.7. The molecular weight excluding hydrogens is 270 g/mol. The number of hydrazine groups is 1. The Morgan fingerprint density at radius 1 is 0.909 bits per heavy atom. The lowest BCUT2D eigenvalue weighted by molar-refractivity contribution is 0.505. The van der Waals surface area contributed by atoms with E-state index in [1.807, 2.05) is 5.01 Å². The van der Waals surface area contributed by atoms with Crippen molar-refractivity contribution in [2.75, 3.05) is 29.5 Å². The molecule has 3 nitrogen and oxygen atoms in total. The molecule has 0 saturated carbocycles. The Morgan fingerprint density at radius 3 is 2.45 bits per heavy atom. The van der Waals surface area contributed by atoms with Crippen LogP contribution < -0.4 is 15.8 Å². The number of hydrogen-bond donors (Lipinski definition) is 1. The van der Waals surface area contributed by atoms with Crippen LogP contribution >= 0.6 is 0 Å². The lowest BCUT2D eigenvalue weighted by Gasteiger charge is -2.34. The first kappa shape index (κ1) is 13.6. The highest BCUT2D eigenvalue weighted by Crippen LogP contribution is 2.33. The van der Waals surface area contributed by atoms with Gasteiger partial charge in [-0.05, 0) is 54.5 Å². The SMILES string of the molecule is NN1CCc2cc(N3CCC(c4ccccc4)CC3)ccc21. The quantitative estimate of drug-likeness (QED) is 0.862. The number of benzene rings is 2. The van der Waals surface area contributed by atoms with Crippen LogP contribution in [0.15, 0.2) is 48.5 Å². The lowest BCUT2D eigenvalue weighted by atomic mass is 9.89. The van der Waals surface area contributed by atoms with E-state index < -0.39 is 0 Å². The van der Waals surface area contributed by atoms with Crippen LogP contribution in [0.2, 0.25) is 0 Å². The van der Waals surface area contributed by atoms with Crippen molar-refractivity contribution in [1.82, 2.24) is 0 Å². The molecule has 2 heterocycles. The third kappa shape index (κ3) is 2.46. The summed E-state index contributed by atoms with van der Waals surface area (Å²) < 4.78 is 0. The third-order valence-corrected chi connectivity index (χ3v) is 5.13. The minimum atomic E-state index is 0.714. The van der Waals surface area contributed by atoms with Gasteiger partial charge in [0.15, 0.2) is 0 Å². The summed E-state index contributed by atoms with van der Waals surface area (Å²) >= 11 is 0. The topological polar surface area (TPSA) is 32.5 Å². The van der Waals surface area contributed by atoms with Crippen molar-refractivity contribution in [3.05, 3.63) is 59.7 Å². The van der Waals surface area contributed by atoms with Gasteiger partial charge in [0.05, 0.1) is 5.69 Å². The van der Waals surface area contributed by atoms with E-state index >= 15 is 0 Å². The highest BCUT2D eigenvalue weighted by atomic mass is 15.4. The summed E-state index contributed by atoms with van der Waals surface area (Å²) in [7, 11) is 0. The van der Waals surface area contributed by atoms with Gasteiger partial charge in [-0.3, -0.25) is 0 Å². The van der Waals surface area contributed by atoms with E-state index in [0.717, 1.165) is 26.1 Å². The number of nitrogens with two attached hydrogens (primary N) is 1. The summed E-state index contributed by atoms with van der Waals surface area (Å²) in [5.41, 5.74) is 5.45. The molecule has 22 heavy (non-hydrogen) atoms. The van der Waals surface area contributed by atoms with Crippen LogP contribution in [0, 0.1) is 0 Å². The fraction of sp³-hybridized carbons (Fsp3) is 0.368. The van der Waals surface area contributed by atoms with Crippen LogP contribution in [-0.4, -0.2) is 19.6 Å². The average Bonchev–Trinajstić information content (AvgIpc) is 2.96. The van der Waals surface area contributed by atoms with Crippen LogP contribution in [-0.2, 0) is 6.42 Å². The van der Waals surface area contributed by atoms with Crippen LogP contribution in [0.3, 0.4) is 0 Å². The highest BCUT2D eigenvalue weighted by molar-refractivity contribution is 5.64. The van der Waals surface area contributed by atoms with Crippen LogP contribution in [0.1, 0.15) is 29.9 Å². The zero-order valence-electron chi connectivity index (χ0n) is 12.9. The maximum absolute atomic E-state index is 5.98. The Labute approximate surface area is 132 Å². The van der Waals surface area contributed by atoms with Crippen molar-refractivity contribution >= 4 is 11.4 Å². The van der Waals surface area contributed by atoms with Gasteiger partial charge in [0, 0.05) is 25.3 Å². The molecule has 4 rings (SSSR count). The van der Waals surface area contributed by atoms with Gasteiger partial charge in [-0.15, -0.1) is 0 Å². The molecule has 2 aliphatic heterocycles. The average molecular weight is 293 g/mol. The van der Waals surface area contributed by atoms with E-state index in [-0.39, 0.29) is 0 Å². The van der Waals surface area contributed by atoms with Crippen molar-refractivity contribution in [2.24, 2.45) is 5.84 Å². The Balaban J connectivity index is 1.46. The normalized spacial score (nSPS) is 18.6. The first-order chi connectivity index (χ1) is 10.8. The highest BCUT2D eigenvalue weighted by Gasteiger charge is 2.22. The zero-order valence-corrected chi connectivity index (χ0v) is 12.9. The molecule has 0 bridgehead atoms. The second kappa shape index (κ2) is 5.65. The van der Waals surface area contributed by atoms with Gasteiger partial charge in [-0.1, -0.05) is 30.3 Å². The standard InChI is InChI=1S/C19H23N3/c20-22-13-10-17-14-18(6-7-19(17)22)21-11-8-16(9-12-21)15-4-2-1-3-5-15/h1-7,14,16H,8-13,20H2. The molecule has 0 radical (unpaired) electrons. The summed E-state index contributed by atoms with van der Waals surface area (Å²) in [6.45, 7) is 3.23. The number of anilines is 2. The smallest absolute Gasteiger partial charge is 0.0551 e. The number of nitrogens with zero attached hydrogens (tertiary/aromatic N) is 2. The maximum atomic E-state index is 5.98. The Hall–Kier alpha value is -2.00. The first-order valence-corrected chi connectivity index (χ1v) is 8.26. The molecular formula is C19H23N3. The first-order valence-electron chi connectivity index (χ1n) is 8.26. The molecule has 2 N–H and O–H groups in total. The molecule has 0 amide bonds. The fourth-order valence-electron chi connectivity index (χ4n) is 3.81. The van der Waals surface area contributed by atoms with Gasteiger partial charge >= 0.3 is 0 Å². The molecule has 0 aromatic heterocycles. The van der Waals surface area contributed by atoms with Crippen LogP contribution in [0.5, 0.6) is 0 Å². The van der Waals surface area contributed by atoms with Gasteiger partial charge < -0.3 is 9.91 Å². The summed E-state index contributed by atoms with van der Waals surface area (Å²) in [5.74, 6) is 6.69. The van der Waals surface area contributed by atoms with Crippen molar-refractivity contribution in [3.8, 4) is 0 Å². The molecule has 3 heteroatoms. The Bertz CT molecular complexity index is 645. The summed E-state index contributed by atoms with van der Waals surface area (Å²) in [6.07, 6.45) is 3.55. The molecule has 2 aromatic rings. The van der Waals surface area contributed by atoms with Gasteiger partial charge in [-0.25, -0.2) is 5.84 Å². The number of rotatable bonds is 2. The molecule has 0 atom stereocenters. The molecule has 2 aliphatic rings. The molecule has 0 unspecified atom stereocenters. The van der Waals surface area contributed by atoms with E-state index in [1.165, 1.54) is 35.3 Å². The third-order valence-electron chi connectivity index (χ3n) is 5.13. The van der Waals surface area contributed by atoms with E-state index in [2.05, 4.69) is 53.4 Å². The fourth-order valence-corrected chi connectivity index (χ4v) is 3.81. The molecule has 114 valence electrons. The minimum absolute atomic E-state index is 0.714. The molecule has 1 saturated heterocycles. The lowest BCUT2D eigenvalue weighted by Crippen LogP contribution is -2.33. The summed E-state index contributed by atoms with van der Waals surface area (Å²) in [5, 5.41) is 1.86. The number of piperidine rings is 1. The predicted octanol–water partition coefficient (Wildman–Crippen LogP) is 3.31. The van der Waals surface area contributed by atoms with Crippen molar-refractivity contribution in [2.45, 2.75) is 25.2 Å². The minimum Gasteiger partial charge on any atom is -0.371 e. The largest absolute Gasteiger partial charge is 0.371 e. The van der Waals surface area contributed by atoms with E-state index in [0.29, 0.717) is 5.92 Å². The maximum Gasteiger partial charge on any atom is 0.0551 e. The van der Waals surface area contributed by atoms with Crippen molar-refractivity contribution < 1.29 is 0 Å². The molecule has 0 spiro atoms. The van der Waals surface area contributed by atoms with E-state index in [1.54, 1.807) is 0 Å². The molecule has 1 fully saturated rings. The van der Waals surface area contributed by atoms with E-state index in [4.69, 9.17) is 5.84 Å². The van der Waals surface area contributed by atoms with Gasteiger partial charge in [0.1, 0.15) is 0 Å². The van der Waals surface area contributed by atoms with Gasteiger partial charge in [-0.2, -0.15) is 0 Å². The number of hydrogen-bond acceptors (Lipinski definition) is 3. The second-order valence-electron chi connectivity index (χ2n) is 6.43. The predicted molar refractivity (Wildman–Crippen MR) is 92.3 cm³/mol. The van der Waals surface area contributed by atoms with Gasteiger partial charge in [0.25, 0.3) is 0 Å². The molecule has 2 aromatic carbocycles. The summed E-state index contributed by atoms with van der Waals surface area (Å²) in [4.78, 5) is 2.53. The number of fused-ring (bicyclic) bond motifs is 1. The second-order valence-corrected chi connectivity index (χ2v) is 6.43. The van der Waals surface area contributed by atoms with Gasteiger partial charge in [0.2, 0.25) is 0 Å². The van der Waals surface area contributed by atoms with Crippen molar-refractivity contribution in [3.63, 3.8) is 0 Å². The van der Waals surface area contributed by atoms with Crippen LogP contribution in [0.4, 0.5) is 11.4 Å². The zero-order chi connectivity index (χ0) is 14.9. The van der Waals surface area contributed by atoms with Crippen LogP contribution in [0.25, 0.3) is 0 Å².